The normalized spacial score (nSPS) is 16.2. The molecule has 0 unspecified atom stereocenters. The fourth-order valence-electron chi connectivity index (χ4n) is 2.70. The van der Waals surface area contributed by atoms with Gasteiger partial charge in [0, 0.05) is 36.2 Å². The Kier molecular flexibility index (Phi) is 6.85. The maximum atomic E-state index is 12.0. The molecule has 1 fully saturated rings. The molecule has 0 radical (unpaired) electrons. The summed E-state index contributed by atoms with van der Waals surface area (Å²) in [6.45, 7) is 5.42. The lowest BCUT2D eigenvalue weighted by atomic mass is 10.1. The monoisotopic (exact) mass is 337 g/mol. The Balaban J connectivity index is 1.70. The minimum absolute atomic E-state index is 0.0299. The smallest absolute Gasteiger partial charge is 0.269 e. The average Bonchev–Trinajstić information content (AvgIpc) is 2.55. The molecule has 2 rings (SSSR count). The van der Waals surface area contributed by atoms with E-state index in [1.54, 1.807) is 12.1 Å². The summed E-state index contributed by atoms with van der Waals surface area (Å²) in [5.41, 5.74) is 0.0673. The molecule has 23 heavy (non-hydrogen) atoms. The van der Waals surface area contributed by atoms with Crippen LogP contribution in [0.25, 0.3) is 0 Å². The number of rotatable bonds is 7. The Labute approximate surface area is 140 Å². The zero-order chi connectivity index (χ0) is 16.7. The predicted octanol–water partition coefficient (Wildman–Crippen LogP) is 2.68. The van der Waals surface area contributed by atoms with Gasteiger partial charge in [-0.25, -0.2) is 0 Å². The van der Waals surface area contributed by atoms with Crippen LogP contribution in [0.5, 0.6) is 0 Å². The largest absolute Gasteiger partial charge is 0.353 e. The van der Waals surface area contributed by atoms with Gasteiger partial charge < -0.3 is 10.2 Å². The Hall–Kier alpha value is -1.60. The summed E-state index contributed by atoms with van der Waals surface area (Å²) in [5, 5.41) is 13.7. The summed E-state index contributed by atoms with van der Waals surface area (Å²) in [7, 11) is 0. The number of non-ortho nitro benzene ring substituents is 1. The zero-order valence-electron chi connectivity index (χ0n) is 13.4. The topological polar surface area (TPSA) is 75.5 Å². The second-order valence-electron chi connectivity index (χ2n) is 5.72. The first-order valence-electron chi connectivity index (χ1n) is 7.97. The van der Waals surface area contributed by atoms with Crippen LogP contribution in [0.1, 0.15) is 26.2 Å². The molecule has 1 aromatic rings. The maximum Gasteiger partial charge on any atom is 0.269 e. The summed E-state index contributed by atoms with van der Waals surface area (Å²) in [6.07, 6.45) is 3.19. The van der Waals surface area contributed by atoms with Crippen LogP contribution in [0, 0.1) is 10.1 Å². The maximum absolute atomic E-state index is 12.0. The van der Waals surface area contributed by atoms with Crippen LogP contribution in [-0.4, -0.2) is 47.2 Å². The Bertz CT molecular complexity index is 528. The molecule has 0 bridgehead atoms. The number of hydrogen-bond acceptors (Lipinski definition) is 5. The van der Waals surface area contributed by atoms with Crippen LogP contribution in [0.2, 0.25) is 0 Å². The van der Waals surface area contributed by atoms with Crippen molar-refractivity contribution in [2.24, 2.45) is 0 Å². The molecule has 0 spiro atoms. The molecule has 1 amide bonds. The number of amides is 1. The molecule has 6 nitrogen and oxygen atoms in total. The number of carbonyl (C=O) groups excluding carboxylic acids is 1. The molecular weight excluding hydrogens is 314 g/mol. The molecule has 126 valence electrons. The third-order valence-corrected chi connectivity index (χ3v) is 4.92. The van der Waals surface area contributed by atoms with Crippen LogP contribution >= 0.6 is 11.8 Å². The third kappa shape index (κ3) is 5.84. The molecule has 0 atom stereocenters. The van der Waals surface area contributed by atoms with Gasteiger partial charge in [0.15, 0.2) is 0 Å². The van der Waals surface area contributed by atoms with Crippen LogP contribution < -0.4 is 5.32 Å². The quantitative estimate of drug-likeness (QED) is 0.470. The van der Waals surface area contributed by atoms with Gasteiger partial charge in [-0.1, -0.05) is 6.92 Å². The molecule has 1 heterocycles. The highest BCUT2D eigenvalue weighted by Crippen LogP contribution is 2.21. The van der Waals surface area contributed by atoms with E-state index in [1.807, 2.05) is 0 Å². The van der Waals surface area contributed by atoms with Crippen molar-refractivity contribution >= 4 is 23.4 Å². The van der Waals surface area contributed by atoms with Crippen LogP contribution in [-0.2, 0) is 4.79 Å². The molecule has 1 aromatic carbocycles. The summed E-state index contributed by atoms with van der Waals surface area (Å²) in [6, 6.07) is 6.56. The number of thioether (sulfide) groups is 1. The van der Waals surface area contributed by atoms with Gasteiger partial charge >= 0.3 is 0 Å². The van der Waals surface area contributed by atoms with Gasteiger partial charge in [-0.05, 0) is 37.9 Å². The van der Waals surface area contributed by atoms with Crippen molar-refractivity contribution in [1.82, 2.24) is 10.2 Å². The number of nitro groups is 1. The van der Waals surface area contributed by atoms with Crippen molar-refractivity contribution in [3.05, 3.63) is 34.4 Å². The number of nitrogens with zero attached hydrogens (tertiary/aromatic N) is 2. The van der Waals surface area contributed by atoms with E-state index in [1.165, 1.54) is 30.3 Å². The SMILES string of the molecule is CCCN1CCC(NC(=O)CSc2ccc([N+](=O)[O-])cc2)CC1. The minimum atomic E-state index is -0.425. The van der Waals surface area contributed by atoms with Crippen LogP contribution in [0.4, 0.5) is 5.69 Å². The lowest BCUT2D eigenvalue weighted by Crippen LogP contribution is -2.45. The molecular formula is C16H23N3O3S. The van der Waals surface area contributed by atoms with Gasteiger partial charge in [0.2, 0.25) is 5.91 Å². The number of benzene rings is 1. The fourth-order valence-corrected chi connectivity index (χ4v) is 3.41. The highest BCUT2D eigenvalue weighted by Gasteiger charge is 2.20. The lowest BCUT2D eigenvalue weighted by molar-refractivity contribution is -0.384. The van der Waals surface area contributed by atoms with E-state index in [0.29, 0.717) is 5.75 Å². The molecule has 1 aliphatic rings. The van der Waals surface area contributed by atoms with E-state index < -0.39 is 4.92 Å². The highest BCUT2D eigenvalue weighted by atomic mass is 32.2. The van der Waals surface area contributed by atoms with Crippen molar-refractivity contribution in [3.8, 4) is 0 Å². The summed E-state index contributed by atoms with van der Waals surface area (Å²) < 4.78 is 0. The van der Waals surface area contributed by atoms with Crippen molar-refractivity contribution in [1.29, 1.82) is 0 Å². The first-order chi connectivity index (χ1) is 11.1. The molecule has 1 saturated heterocycles. The summed E-state index contributed by atoms with van der Waals surface area (Å²) >= 11 is 1.40. The van der Waals surface area contributed by atoms with E-state index in [4.69, 9.17) is 0 Å². The molecule has 0 aliphatic carbocycles. The van der Waals surface area contributed by atoms with Crippen LogP contribution in [0.15, 0.2) is 29.2 Å². The number of nitro benzene ring substituents is 1. The Morgan fingerprint density at radius 2 is 2.00 bits per heavy atom. The van der Waals surface area contributed by atoms with E-state index in [0.717, 1.165) is 37.4 Å². The van der Waals surface area contributed by atoms with Gasteiger partial charge in [-0.2, -0.15) is 0 Å². The van der Waals surface area contributed by atoms with Crippen LogP contribution in [0.3, 0.4) is 0 Å². The van der Waals surface area contributed by atoms with E-state index in [-0.39, 0.29) is 17.6 Å². The van der Waals surface area contributed by atoms with Gasteiger partial charge in [-0.3, -0.25) is 14.9 Å². The van der Waals surface area contributed by atoms with Crippen molar-refractivity contribution in [2.75, 3.05) is 25.4 Å². The van der Waals surface area contributed by atoms with Gasteiger partial charge in [-0.15, -0.1) is 11.8 Å². The standard InChI is InChI=1S/C16H23N3O3S/c1-2-9-18-10-7-13(8-11-18)17-16(20)12-23-15-5-3-14(4-6-15)19(21)22/h3-6,13H,2,7-12H2,1H3,(H,17,20). The molecule has 0 saturated carbocycles. The first-order valence-corrected chi connectivity index (χ1v) is 8.96. The summed E-state index contributed by atoms with van der Waals surface area (Å²) in [5.74, 6) is 0.370. The summed E-state index contributed by atoms with van der Waals surface area (Å²) in [4.78, 5) is 25.5. The van der Waals surface area contributed by atoms with Crippen molar-refractivity contribution < 1.29 is 9.72 Å². The fraction of sp³-hybridized carbons (Fsp3) is 0.562. The first kappa shape index (κ1) is 17.7. The second kappa shape index (κ2) is 8.88. The Morgan fingerprint density at radius 3 is 2.57 bits per heavy atom. The van der Waals surface area contributed by atoms with E-state index in [9.17, 15) is 14.9 Å². The average molecular weight is 337 g/mol. The van der Waals surface area contributed by atoms with Crippen molar-refractivity contribution in [2.45, 2.75) is 37.1 Å². The number of carbonyl (C=O) groups is 1. The minimum Gasteiger partial charge on any atom is -0.353 e. The number of nitrogens with one attached hydrogen (secondary N) is 1. The van der Waals surface area contributed by atoms with Crippen molar-refractivity contribution in [3.63, 3.8) is 0 Å². The van der Waals surface area contributed by atoms with E-state index in [2.05, 4.69) is 17.1 Å². The Morgan fingerprint density at radius 1 is 1.35 bits per heavy atom. The highest BCUT2D eigenvalue weighted by molar-refractivity contribution is 8.00. The second-order valence-corrected chi connectivity index (χ2v) is 6.77. The van der Waals surface area contributed by atoms with Gasteiger partial charge in [0.05, 0.1) is 10.7 Å². The zero-order valence-corrected chi connectivity index (χ0v) is 14.2. The molecule has 0 aromatic heterocycles. The molecule has 1 N–H and O–H groups in total. The number of likely N-dealkylation sites (tertiary alicyclic amines) is 1. The van der Waals surface area contributed by atoms with Gasteiger partial charge in [0.25, 0.3) is 5.69 Å². The molecule has 1 aliphatic heterocycles. The molecule has 7 heteroatoms. The number of hydrogen-bond donors (Lipinski definition) is 1. The lowest BCUT2D eigenvalue weighted by Gasteiger charge is -2.32. The van der Waals surface area contributed by atoms with E-state index >= 15 is 0 Å². The number of piperidine rings is 1. The third-order valence-electron chi connectivity index (χ3n) is 3.91. The predicted molar refractivity (Wildman–Crippen MR) is 91.7 cm³/mol. The van der Waals surface area contributed by atoms with Gasteiger partial charge in [0.1, 0.15) is 0 Å².